The zero-order valence-electron chi connectivity index (χ0n) is 13.3. The average molecular weight is 319 g/mol. The zero-order chi connectivity index (χ0) is 16.4. The van der Waals surface area contributed by atoms with Crippen LogP contribution in [0.4, 0.5) is 0 Å². The van der Waals surface area contributed by atoms with Crippen LogP contribution >= 0.6 is 0 Å². The van der Waals surface area contributed by atoms with Crippen molar-refractivity contribution in [2.24, 2.45) is 0 Å². The summed E-state index contributed by atoms with van der Waals surface area (Å²) in [6.07, 6.45) is 3.70. The van der Waals surface area contributed by atoms with Crippen molar-refractivity contribution >= 4 is 48.9 Å². The van der Waals surface area contributed by atoms with E-state index in [2.05, 4.69) is 64.7 Å². The van der Waals surface area contributed by atoms with Gasteiger partial charge in [0.2, 0.25) is 0 Å². The van der Waals surface area contributed by atoms with Crippen LogP contribution in [0.1, 0.15) is 0 Å². The van der Waals surface area contributed by atoms with Crippen LogP contribution in [0.5, 0.6) is 0 Å². The lowest BCUT2D eigenvalue weighted by Gasteiger charge is -2.12. The van der Waals surface area contributed by atoms with Gasteiger partial charge in [-0.1, -0.05) is 48.5 Å². The number of hydrogen-bond acceptors (Lipinski definition) is 2. The third-order valence-corrected chi connectivity index (χ3v) is 5.08. The van der Waals surface area contributed by atoms with Crippen LogP contribution in [0.2, 0.25) is 0 Å². The molecular formula is C22H13N3. The molecule has 0 aliphatic carbocycles. The number of benzene rings is 3. The third-order valence-electron chi connectivity index (χ3n) is 5.08. The molecule has 25 heavy (non-hydrogen) atoms. The van der Waals surface area contributed by atoms with E-state index in [1.165, 1.54) is 32.3 Å². The molecule has 0 aliphatic heterocycles. The predicted molar refractivity (Wildman–Crippen MR) is 103 cm³/mol. The molecule has 3 heterocycles. The summed E-state index contributed by atoms with van der Waals surface area (Å²) in [7, 11) is 0. The maximum Gasteiger partial charge on any atom is 0.0966 e. The monoisotopic (exact) mass is 319 g/mol. The number of fused-ring (bicyclic) bond motifs is 10. The largest absolute Gasteiger partial charge is 0.254 e. The van der Waals surface area contributed by atoms with Crippen LogP contribution in [-0.4, -0.2) is 14.6 Å². The number of nitrogens with zero attached hydrogens (tertiary/aromatic N) is 3. The first-order valence-corrected chi connectivity index (χ1v) is 8.36. The highest BCUT2D eigenvalue weighted by Crippen LogP contribution is 2.37. The van der Waals surface area contributed by atoms with Gasteiger partial charge < -0.3 is 0 Å². The highest BCUT2D eigenvalue weighted by Gasteiger charge is 2.14. The summed E-state index contributed by atoms with van der Waals surface area (Å²) < 4.78 is 2.01. The van der Waals surface area contributed by atoms with Gasteiger partial charge in [-0.3, -0.25) is 4.98 Å². The summed E-state index contributed by atoms with van der Waals surface area (Å²) >= 11 is 0. The fourth-order valence-corrected chi connectivity index (χ4v) is 4.02. The van der Waals surface area contributed by atoms with Gasteiger partial charge >= 0.3 is 0 Å². The van der Waals surface area contributed by atoms with Crippen LogP contribution in [0.15, 0.2) is 79.1 Å². The highest BCUT2D eigenvalue weighted by atomic mass is 15.2. The van der Waals surface area contributed by atoms with Crippen molar-refractivity contribution in [1.29, 1.82) is 0 Å². The SMILES string of the molecule is c1ccc2c(c1)ccc1ccc3c(c4cccnc4c4ccnn43)c12. The smallest absolute Gasteiger partial charge is 0.0966 e. The molecule has 0 amide bonds. The molecule has 6 aromatic rings. The van der Waals surface area contributed by atoms with E-state index in [4.69, 9.17) is 0 Å². The molecule has 3 heteroatoms. The quantitative estimate of drug-likeness (QED) is 0.354. The van der Waals surface area contributed by atoms with Crippen molar-refractivity contribution in [1.82, 2.24) is 14.6 Å². The lowest BCUT2D eigenvalue weighted by atomic mass is 9.96. The van der Waals surface area contributed by atoms with E-state index in [1.807, 2.05) is 29.0 Å². The fourth-order valence-electron chi connectivity index (χ4n) is 4.02. The minimum absolute atomic E-state index is 0.993. The summed E-state index contributed by atoms with van der Waals surface area (Å²) in [6.45, 7) is 0. The van der Waals surface area contributed by atoms with E-state index in [-0.39, 0.29) is 0 Å². The highest BCUT2D eigenvalue weighted by molar-refractivity contribution is 6.27. The number of aromatic nitrogens is 3. The first-order chi connectivity index (χ1) is 12.4. The van der Waals surface area contributed by atoms with Gasteiger partial charge in [0.25, 0.3) is 0 Å². The molecule has 3 nitrogen and oxygen atoms in total. The van der Waals surface area contributed by atoms with E-state index in [9.17, 15) is 0 Å². The molecule has 3 aromatic heterocycles. The van der Waals surface area contributed by atoms with Gasteiger partial charge in [0, 0.05) is 17.0 Å². The van der Waals surface area contributed by atoms with Gasteiger partial charge in [0.15, 0.2) is 0 Å². The summed E-state index contributed by atoms with van der Waals surface area (Å²) in [5, 5.41) is 12.0. The van der Waals surface area contributed by atoms with Gasteiger partial charge in [0.05, 0.1) is 22.7 Å². The zero-order valence-corrected chi connectivity index (χ0v) is 13.3. The van der Waals surface area contributed by atoms with Gasteiger partial charge in [-0.15, -0.1) is 0 Å². The molecule has 116 valence electrons. The molecule has 0 unspecified atom stereocenters. The lowest BCUT2D eigenvalue weighted by Crippen LogP contribution is -1.94. The molecule has 0 atom stereocenters. The Kier molecular flexibility index (Phi) is 2.35. The molecule has 0 saturated heterocycles. The van der Waals surface area contributed by atoms with Crippen LogP contribution in [0.3, 0.4) is 0 Å². The molecule has 0 N–H and O–H groups in total. The topological polar surface area (TPSA) is 30.2 Å². The Morgan fingerprint density at radius 2 is 1.44 bits per heavy atom. The van der Waals surface area contributed by atoms with Crippen molar-refractivity contribution in [3.8, 4) is 0 Å². The van der Waals surface area contributed by atoms with Gasteiger partial charge in [-0.2, -0.15) is 5.10 Å². The van der Waals surface area contributed by atoms with Crippen molar-refractivity contribution in [2.75, 3.05) is 0 Å². The van der Waals surface area contributed by atoms with Crippen molar-refractivity contribution in [2.45, 2.75) is 0 Å². The Hall–Kier alpha value is -3.46. The first kappa shape index (κ1) is 12.9. The fraction of sp³-hybridized carbons (Fsp3) is 0. The number of rotatable bonds is 0. The molecule has 6 rings (SSSR count). The summed E-state index contributed by atoms with van der Waals surface area (Å²) in [6, 6.07) is 23.5. The molecular weight excluding hydrogens is 306 g/mol. The van der Waals surface area contributed by atoms with E-state index in [1.54, 1.807) is 0 Å². The van der Waals surface area contributed by atoms with Crippen LogP contribution < -0.4 is 0 Å². The van der Waals surface area contributed by atoms with Crippen LogP contribution in [0.25, 0.3) is 48.9 Å². The summed E-state index contributed by atoms with van der Waals surface area (Å²) in [5.41, 5.74) is 3.15. The average Bonchev–Trinajstić information content (AvgIpc) is 3.17. The van der Waals surface area contributed by atoms with Crippen molar-refractivity contribution in [3.63, 3.8) is 0 Å². The number of hydrogen-bond donors (Lipinski definition) is 0. The molecule has 0 radical (unpaired) electrons. The molecule has 0 fully saturated rings. The molecule has 0 bridgehead atoms. The second-order valence-electron chi connectivity index (χ2n) is 6.37. The van der Waals surface area contributed by atoms with Gasteiger partial charge in [-0.25, -0.2) is 4.52 Å². The standard InChI is InChI=1S/C22H13N3/c1-2-5-16-14(4-1)7-8-15-9-10-18-21(20(15)16)17-6-3-12-23-22(17)19-11-13-24-25(18)19/h1-13H. The van der Waals surface area contributed by atoms with Crippen LogP contribution in [-0.2, 0) is 0 Å². The van der Waals surface area contributed by atoms with Crippen LogP contribution in [0, 0.1) is 0 Å². The second kappa shape index (κ2) is 4.54. The Labute approximate surface area is 143 Å². The van der Waals surface area contributed by atoms with Crippen molar-refractivity contribution < 1.29 is 0 Å². The third kappa shape index (κ3) is 1.59. The van der Waals surface area contributed by atoms with E-state index in [0.29, 0.717) is 0 Å². The summed E-state index contributed by atoms with van der Waals surface area (Å²) in [5.74, 6) is 0. The van der Waals surface area contributed by atoms with E-state index in [0.717, 1.165) is 16.6 Å². The van der Waals surface area contributed by atoms with Gasteiger partial charge in [-0.05, 0) is 39.7 Å². The van der Waals surface area contributed by atoms with E-state index < -0.39 is 0 Å². The Balaban J connectivity index is 2.07. The molecule has 0 spiro atoms. The lowest BCUT2D eigenvalue weighted by molar-refractivity contribution is 1.01. The normalized spacial score (nSPS) is 12.0. The minimum Gasteiger partial charge on any atom is -0.254 e. The number of pyridine rings is 2. The predicted octanol–water partition coefficient (Wildman–Crippen LogP) is 5.34. The first-order valence-electron chi connectivity index (χ1n) is 8.36. The minimum atomic E-state index is 0.993. The Morgan fingerprint density at radius 3 is 2.44 bits per heavy atom. The summed E-state index contributed by atoms with van der Waals surface area (Å²) in [4.78, 5) is 4.66. The molecule has 3 aromatic carbocycles. The maximum atomic E-state index is 4.66. The maximum absolute atomic E-state index is 4.66. The molecule has 0 saturated carbocycles. The van der Waals surface area contributed by atoms with E-state index >= 15 is 0 Å². The molecule has 0 aliphatic rings. The van der Waals surface area contributed by atoms with Crippen molar-refractivity contribution in [3.05, 3.63) is 79.1 Å². The second-order valence-corrected chi connectivity index (χ2v) is 6.37. The Bertz CT molecular complexity index is 1440. The van der Waals surface area contributed by atoms with Gasteiger partial charge in [0.1, 0.15) is 0 Å². The Morgan fingerprint density at radius 1 is 0.600 bits per heavy atom.